The molecule has 4 unspecified atom stereocenters. The van der Waals surface area contributed by atoms with Gasteiger partial charge in [0.2, 0.25) is 0 Å². The molecule has 2 aliphatic carbocycles. The zero-order chi connectivity index (χ0) is 24.8. The lowest BCUT2D eigenvalue weighted by Crippen LogP contribution is -2.57. The van der Waals surface area contributed by atoms with Crippen molar-refractivity contribution in [3.63, 3.8) is 0 Å². The van der Waals surface area contributed by atoms with E-state index in [9.17, 15) is 0 Å². The first-order chi connectivity index (χ1) is 16.6. The van der Waals surface area contributed by atoms with Gasteiger partial charge in [0.25, 0.3) is 0 Å². The number of halogens is 3. The molecule has 0 spiro atoms. The molecule has 0 aromatic heterocycles. The van der Waals surface area contributed by atoms with Gasteiger partial charge in [-0.2, -0.15) is 0 Å². The smallest absolute Gasteiger partial charge is 0.158 e. The predicted octanol–water partition coefficient (Wildman–Crippen LogP) is 7.60. The Morgan fingerprint density at radius 1 is 1.09 bits per heavy atom. The molecule has 3 nitrogen and oxygen atoms in total. The molecule has 3 fully saturated rings. The van der Waals surface area contributed by atoms with Crippen molar-refractivity contribution in [3.8, 4) is 0 Å². The van der Waals surface area contributed by atoms with Crippen molar-refractivity contribution in [2.24, 2.45) is 11.1 Å². The number of hydrogen-bond donors (Lipinski definition) is 1. The number of nitrogens with zero attached hydrogens (tertiary/aromatic N) is 1. The third-order valence-corrected chi connectivity index (χ3v) is 9.72. The lowest BCUT2D eigenvalue weighted by molar-refractivity contribution is -0.0697. The number of rotatable bonds is 3. The minimum atomic E-state index is -0.986. The normalized spacial score (nSPS) is 32.5. The molecule has 2 aromatic carbocycles. The Morgan fingerprint density at radius 2 is 1.83 bits per heavy atom. The molecule has 0 bridgehead atoms. The molecule has 2 aliphatic heterocycles. The highest BCUT2D eigenvalue weighted by Crippen LogP contribution is 2.63. The van der Waals surface area contributed by atoms with E-state index < -0.39 is 11.3 Å². The van der Waals surface area contributed by atoms with E-state index in [-0.39, 0.29) is 29.2 Å². The maximum Gasteiger partial charge on any atom is 0.158 e. The highest BCUT2D eigenvalue weighted by molar-refractivity contribution is 6.32. The fraction of sp³-hybridized carbons (Fsp3) is 0.517. The largest absolute Gasteiger partial charge is 0.476 e. The second-order valence-corrected chi connectivity index (χ2v) is 12.7. The average Bonchev–Trinajstić information content (AvgIpc) is 3.20. The van der Waals surface area contributed by atoms with E-state index in [1.807, 2.05) is 12.1 Å². The van der Waals surface area contributed by atoms with E-state index in [4.69, 9.17) is 33.7 Å². The van der Waals surface area contributed by atoms with Crippen LogP contribution < -0.4 is 5.73 Å². The molecule has 2 saturated heterocycles. The van der Waals surface area contributed by atoms with E-state index in [2.05, 4.69) is 37.8 Å². The molecule has 186 valence electrons. The summed E-state index contributed by atoms with van der Waals surface area (Å²) < 4.78 is 22.4. The molecule has 6 rings (SSSR count). The van der Waals surface area contributed by atoms with Gasteiger partial charge in [-0.15, -0.1) is 0 Å². The van der Waals surface area contributed by atoms with Crippen LogP contribution >= 0.6 is 23.2 Å². The number of nitrogens with two attached hydrogens (primary N) is 1. The molecule has 1 saturated carbocycles. The second kappa shape index (κ2) is 7.95. The van der Waals surface area contributed by atoms with Gasteiger partial charge in [-0.1, -0.05) is 67.6 Å². The maximum atomic E-state index is 15.8. The van der Waals surface area contributed by atoms with Crippen molar-refractivity contribution < 1.29 is 9.13 Å². The highest BCUT2D eigenvalue weighted by Gasteiger charge is 2.68. The highest BCUT2D eigenvalue weighted by atomic mass is 35.5. The van der Waals surface area contributed by atoms with Gasteiger partial charge in [-0.25, -0.2) is 4.39 Å². The Labute approximate surface area is 217 Å². The Kier molecular flexibility index (Phi) is 5.40. The summed E-state index contributed by atoms with van der Waals surface area (Å²) in [6.45, 7) is 6.60. The van der Waals surface area contributed by atoms with E-state index in [1.54, 1.807) is 12.1 Å². The standard InChI is InChI=1S/C29H33Cl2FN2O/c1-27(2)34-24(16-28(3)12-5-4-6-13-28)29(33,20-11-10-17(30)14-22(20)32)25-18-8-7-9-21(31)19(18)15-23(35-27)26(25)34/h7-11,14-15,24-26H,4-6,12-13,16,33H2,1-3H3. The van der Waals surface area contributed by atoms with E-state index in [0.29, 0.717) is 15.6 Å². The number of hydrogen-bond acceptors (Lipinski definition) is 3. The summed E-state index contributed by atoms with van der Waals surface area (Å²) in [6, 6.07) is 10.7. The van der Waals surface area contributed by atoms with Crippen molar-refractivity contribution in [2.45, 2.75) is 88.6 Å². The first-order valence-corrected chi connectivity index (χ1v) is 13.5. The van der Waals surface area contributed by atoms with Gasteiger partial charge in [-0.3, -0.25) is 4.90 Å². The predicted molar refractivity (Wildman–Crippen MR) is 140 cm³/mol. The molecule has 35 heavy (non-hydrogen) atoms. The molecule has 0 amide bonds. The third-order valence-electron chi connectivity index (χ3n) is 9.15. The summed E-state index contributed by atoms with van der Waals surface area (Å²) in [6.07, 6.45) is 9.02. The van der Waals surface area contributed by atoms with Crippen molar-refractivity contribution in [1.82, 2.24) is 4.90 Å². The van der Waals surface area contributed by atoms with Crippen LogP contribution in [0.25, 0.3) is 6.08 Å². The molecule has 6 heteroatoms. The number of fused-ring (bicyclic) bond motifs is 2. The average molecular weight is 516 g/mol. The third kappa shape index (κ3) is 3.43. The lowest BCUT2D eigenvalue weighted by Gasteiger charge is -2.47. The van der Waals surface area contributed by atoms with Crippen LogP contribution in [-0.4, -0.2) is 22.7 Å². The molecular formula is C29H33Cl2FN2O. The van der Waals surface area contributed by atoms with E-state index in [0.717, 1.165) is 36.1 Å². The van der Waals surface area contributed by atoms with Crippen LogP contribution in [0.3, 0.4) is 0 Å². The first-order valence-electron chi connectivity index (χ1n) is 12.8. The van der Waals surface area contributed by atoms with Gasteiger partial charge in [-0.05, 0) is 68.4 Å². The Bertz CT molecular complexity index is 1220. The van der Waals surface area contributed by atoms with Gasteiger partial charge in [0.15, 0.2) is 5.72 Å². The molecule has 0 radical (unpaired) electrons. The lowest BCUT2D eigenvalue weighted by atomic mass is 9.64. The van der Waals surface area contributed by atoms with Crippen LogP contribution in [0.1, 0.15) is 81.9 Å². The van der Waals surface area contributed by atoms with Gasteiger partial charge in [0.05, 0.1) is 11.6 Å². The van der Waals surface area contributed by atoms with Crippen molar-refractivity contribution >= 4 is 29.3 Å². The van der Waals surface area contributed by atoms with Gasteiger partial charge < -0.3 is 10.5 Å². The van der Waals surface area contributed by atoms with Crippen LogP contribution in [0.15, 0.2) is 42.2 Å². The van der Waals surface area contributed by atoms with Crippen LogP contribution in [0.4, 0.5) is 4.39 Å². The first kappa shape index (κ1) is 23.8. The summed E-state index contributed by atoms with van der Waals surface area (Å²) in [5.74, 6) is 0.324. The minimum absolute atomic E-state index is 0.0757. The fourth-order valence-electron chi connectivity index (χ4n) is 7.66. The van der Waals surface area contributed by atoms with Crippen molar-refractivity contribution in [3.05, 3.63) is 74.7 Å². The topological polar surface area (TPSA) is 38.5 Å². The quantitative estimate of drug-likeness (QED) is 0.457. The molecule has 2 aromatic rings. The summed E-state index contributed by atoms with van der Waals surface area (Å²) in [7, 11) is 0. The Hall–Kier alpha value is -1.59. The van der Waals surface area contributed by atoms with E-state index in [1.165, 1.54) is 25.3 Å². The molecule has 4 atom stereocenters. The van der Waals surface area contributed by atoms with Crippen molar-refractivity contribution in [1.29, 1.82) is 0 Å². The number of ether oxygens (including phenoxy) is 1. The van der Waals surface area contributed by atoms with E-state index >= 15 is 4.39 Å². The Balaban J connectivity index is 1.61. The van der Waals surface area contributed by atoms with Crippen LogP contribution in [-0.2, 0) is 10.3 Å². The van der Waals surface area contributed by atoms with Crippen LogP contribution in [0.2, 0.25) is 10.0 Å². The number of benzene rings is 2. The molecular weight excluding hydrogens is 482 g/mol. The minimum Gasteiger partial charge on any atom is -0.476 e. The summed E-state index contributed by atoms with van der Waals surface area (Å²) in [5, 5.41) is 1.04. The summed E-state index contributed by atoms with van der Waals surface area (Å²) in [4.78, 5) is 2.45. The van der Waals surface area contributed by atoms with Gasteiger partial charge in [0, 0.05) is 33.1 Å². The maximum absolute atomic E-state index is 15.8. The zero-order valence-corrected chi connectivity index (χ0v) is 22.1. The van der Waals surface area contributed by atoms with Gasteiger partial charge in [0.1, 0.15) is 11.6 Å². The van der Waals surface area contributed by atoms with Gasteiger partial charge >= 0.3 is 0 Å². The van der Waals surface area contributed by atoms with Crippen LogP contribution in [0, 0.1) is 11.2 Å². The van der Waals surface area contributed by atoms with Crippen LogP contribution in [0.5, 0.6) is 0 Å². The molecule has 2 N–H and O–H groups in total. The zero-order valence-electron chi connectivity index (χ0n) is 20.6. The summed E-state index contributed by atoms with van der Waals surface area (Å²) in [5.41, 5.74) is 8.71. The second-order valence-electron chi connectivity index (χ2n) is 11.8. The summed E-state index contributed by atoms with van der Waals surface area (Å²) >= 11 is 12.9. The monoisotopic (exact) mass is 514 g/mol. The molecule has 2 heterocycles. The molecule has 4 aliphatic rings. The Morgan fingerprint density at radius 3 is 2.54 bits per heavy atom. The SMILES string of the molecule is CC1(CC2N3C4C(=Cc5c(Cl)cccc5C4C2(N)c2ccc(Cl)cc2F)OC3(C)C)CCCCC1. The van der Waals surface area contributed by atoms with Crippen molar-refractivity contribution in [2.75, 3.05) is 0 Å². The fourth-order valence-corrected chi connectivity index (χ4v) is 8.05.